The summed E-state index contributed by atoms with van der Waals surface area (Å²) in [6.45, 7) is 2.21. The molecule has 0 aromatic carbocycles. The van der Waals surface area contributed by atoms with Crippen molar-refractivity contribution in [3.05, 3.63) is 134 Å². The van der Waals surface area contributed by atoms with Gasteiger partial charge in [0.2, 0.25) is 0 Å². The average Bonchev–Trinajstić information content (AvgIpc) is 3.52. The van der Waals surface area contributed by atoms with Gasteiger partial charge in [-0.1, -0.05) is 199 Å². The summed E-state index contributed by atoms with van der Waals surface area (Å²) in [5.74, 6) is -1.66. The lowest BCUT2D eigenvalue weighted by Gasteiger charge is -2.21. The Morgan fingerprint density at radius 2 is 0.588 bits per heavy atom. The maximum atomic E-state index is 12.9. The second-order valence-corrected chi connectivity index (χ2v) is 23.3. The van der Waals surface area contributed by atoms with Crippen molar-refractivity contribution in [3.8, 4) is 0 Å². The van der Waals surface area contributed by atoms with Crippen LogP contribution in [0.25, 0.3) is 0 Å². The molecule has 5 atom stereocenters. The van der Waals surface area contributed by atoms with Gasteiger partial charge in [-0.3, -0.25) is 32.5 Å². The van der Waals surface area contributed by atoms with Gasteiger partial charge in [0.15, 0.2) is 6.10 Å². The number of rotatable bonds is 58. The summed E-state index contributed by atoms with van der Waals surface area (Å²) in [5, 5.41) is 20.5. The van der Waals surface area contributed by atoms with Crippen LogP contribution in [0.1, 0.15) is 213 Å². The zero-order valence-corrected chi connectivity index (χ0v) is 53.8. The third kappa shape index (κ3) is 61.1. The molecule has 0 aromatic rings. The van der Waals surface area contributed by atoms with E-state index in [-0.39, 0.29) is 19.3 Å². The first kappa shape index (κ1) is 80.7. The Labute approximate surface area is 512 Å². The highest BCUT2D eigenvalue weighted by atomic mass is 31.2. The van der Waals surface area contributed by atoms with Crippen LogP contribution in [0.3, 0.4) is 0 Å². The molecule has 0 aliphatic rings. The van der Waals surface area contributed by atoms with E-state index in [1.807, 2.05) is 0 Å². The Bertz CT molecular complexity index is 2090. The van der Waals surface area contributed by atoms with Gasteiger partial charge in [0, 0.05) is 19.3 Å². The molecule has 5 unspecified atom stereocenters. The molecule has 484 valence electrons. The highest BCUT2D eigenvalue weighted by molar-refractivity contribution is 7.47. The second-order valence-electron chi connectivity index (χ2n) is 20.4. The van der Waals surface area contributed by atoms with Crippen molar-refractivity contribution in [1.82, 2.24) is 0 Å². The first-order chi connectivity index (χ1) is 41.2. The predicted molar refractivity (Wildman–Crippen MR) is 343 cm³/mol. The van der Waals surface area contributed by atoms with Crippen molar-refractivity contribution in [2.75, 3.05) is 39.6 Å². The molecule has 0 bridgehead atoms. The number of unbranched alkanes of at least 4 members (excludes halogenated alkanes) is 13. The monoisotopic (exact) mass is 1230 g/mol. The Morgan fingerprint density at radius 3 is 0.941 bits per heavy atom. The SMILES string of the molecule is CC/C=C\C/C=C\C/C=C\C/C=C\C/C=C\CCCCCC(=O)OCC(O)COP(=O)(O)OCC(O)COP(=O)(O)OCC(COC(=O)CCCCCCC/C=C\C/C=C\C/C=C\CC)OC(=O)CCCCCCC/C=C\C/C=C\C/C=C\CC. The van der Waals surface area contributed by atoms with Crippen molar-refractivity contribution >= 4 is 33.6 Å². The molecule has 16 nitrogen and oxygen atoms in total. The summed E-state index contributed by atoms with van der Waals surface area (Å²) in [6.07, 6.45) is 68.0. The molecule has 0 heterocycles. The molecule has 0 aliphatic heterocycles. The summed E-state index contributed by atoms with van der Waals surface area (Å²) < 4.78 is 60.7. The Kier molecular flexibility index (Phi) is 57.0. The molecule has 0 radical (unpaired) electrons. The fourth-order valence-electron chi connectivity index (χ4n) is 7.62. The number of phosphoric ester groups is 2. The average molecular weight is 1230 g/mol. The van der Waals surface area contributed by atoms with Crippen LogP contribution >= 0.6 is 15.6 Å². The lowest BCUT2D eigenvalue weighted by Crippen LogP contribution is -2.30. The zero-order chi connectivity index (χ0) is 62.4. The molecule has 0 spiro atoms. The van der Waals surface area contributed by atoms with Crippen molar-refractivity contribution in [2.24, 2.45) is 0 Å². The van der Waals surface area contributed by atoms with Gasteiger partial charge < -0.3 is 34.2 Å². The van der Waals surface area contributed by atoms with Crippen LogP contribution in [0.4, 0.5) is 0 Å². The van der Waals surface area contributed by atoms with Crippen molar-refractivity contribution < 1.29 is 75.8 Å². The largest absolute Gasteiger partial charge is 0.472 e. The fourth-order valence-corrected chi connectivity index (χ4v) is 9.21. The van der Waals surface area contributed by atoms with Crippen LogP contribution in [0, 0.1) is 0 Å². The first-order valence-corrected chi connectivity index (χ1v) is 34.5. The van der Waals surface area contributed by atoms with Crippen LogP contribution in [0.5, 0.6) is 0 Å². The number of carbonyl (C=O) groups is 3. The van der Waals surface area contributed by atoms with E-state index >= 15 is 0 Å². The number of allylic oxidation sites excluding steroid dienone is 22. The van der Waals surface area contributed by atoms with Gasteiger partial charge in [-0.15, -0.1) is 0 Å². The van der Waals surface area contributed by atoms with Gasteiger partial charge in [-0.05, 0) is 128 Å². The van der Waals surface area contributed by atoms with E-state index in [9.17, 15) is 43.5 Å². The van der Waals surface area contributed by atoms with Crippen LogP contribution in [-0.4, -0.2) is 95.9 Å². The number of carbonyl (C=O) groups excluding carboxylic acids is 3. The van der Waals surface area contributed by atoms with Gasteiger partial charge in [-0.25, -0.2) is 9.13 Å². The molecule has 0 aliphatic carbocycles. The van der Waals surface area contributed by atoms with E-state index in [2.05, 4.69) is 154 Å². The molecule has 0 saturated heterocycles. The maximum absolute atomic E-state index is 12.9. The lowest BCUT2D eigenvalue weighted by molar-refractivity contribution is -0.161. The van der Waals surface area contributed by atoms with E-state index in [1.165, 1.54) is 0 Å². The second kappa shape index (κ2) is 60.0. The molecule has 0 aromatic heterocycles. The first-order valence-electron chi connectivity index (χ1n) is 31.5. The summed E-state index contributed by atoms with van der Waals surface area (Å²) in [5.41, 5.74) is 0. The van der Waals surface area contributed by atoms with Crippen LogP contribution in [-0.2, 0) is 55.8 Å². The van der Waals surface area contributed by atoms with E-state index in [0.29, 0.717) is 19.3 Å². The molecule has 18 heteroatoms. The molecule has 0 saturated carbocycles. The number of esters is 3. The number of aliphatic hydroxyl groups excluding tert-OH is 2. The standard InChI is InChI=1S/C67H110O16P2/c1-4-7-10-13-16-19-22-25-28-29-30-31-34-36-38-41-44-47-50-53-65(70)77-56-62(68)57-79-84(73,74)80-58-63(69)59-81-85(75,76)82-61-64(83-67(72)55-52-49-46-43-40-37-33-27-24-21-18-15-12-9-6-3)60-78-66(71)54-51-48-45-42-39-35-32-26-23-20-17-14-11-8-5-2/h7-12,16-21,25-28,30-33,36,38,62-64,68-69H,4-6,13-15,22-24,29,34-35,37,39-61H2,1-3H3,(H,73,74)(H,75,76)/b10-7-,11-8-,12-9-,19-16-,20-17-,21-18-,28-25-,31-30-,32-26-,33-27-,38-36-. The molecule has 0 rings (SSSR count). The molecule has 85 heavy (non-hydrogen) atoms. The van der Waals surface area contributed by atoms with Gasteiger partial charge in [0.1, 0.15) is 25.4 Å². The topological polar surface area (TPSA) is 231 Å². The minimum Gasteiger partial charge on any atom is -0.463 e. The zero-order valence-electron chi connectivity index (χ0n) is 52.0. The van der Waals surface area contributed by atoms with Crippen molar-refractivity contribution in [3.63, 3.8) is 0 Å². The normalized spacial score (nSPS) is 15.2. The van der Waals surface area contributed by atoms with Gasteiger partial charge in [-0.2, -0.15) is 0 Å². The van der Waals surface area contributed by atoms with E-state index < -0.39 is 91.5 Å². The molecule has 4 N–H and O–H groups in total. The fraction of sp³-hybridized carbons (Fsp3) is 0.627. The van der Waals surface area contributed by atoms with E-state index in [4.69, 9.17) is 32.3 Å². The highest BCUT2D eigenvalue weighted by Gasteiger charge is 2.29. The number of hydrogen-bond acceptors (Lipinski definition) is 14. The highest BCUT2D eigenvalue weighted by Crippen LogP contribution is 2.45. The predicted octanol–water partition coefficient (Wildman–Crippen LogP) is 16.9. The van der Waals surface area contributed by atoms with Gasteiger partial charge in [0.25, 0.3) is 0 Å². The van der Waals surface area contributed by atoms with E-state index in [0.717, 1.165) is 154 Å². The van der Waals surface area contributed by atoms with Crippen LogP contribution in [0.15, 0.2) is 134 Å². The number of phosphoric acid groups is 2. The minimum absolute atomic E-state index is 0.0759. The van der Waals surface area contributed by atoms with Crippen molar-refractivity contribution in [2.45, 2.75) is 232 Å². The minimum atomic E-state index is -4.94. The Balaban J connectivity index is 4.74. The smallest absolute Gasteiger partial charge is 0.463 e. The lowest BCUT2D eigenvalue weighted by atomic mass is 10.1. The number of hydrogen-bond donors (Lipinski definition) is 4. The molecule has 0 fully saturated rings. The third-order valence-corrected chi connectivity index (χ3v) is 14.3. The van der Waals surface area contributed by atoms with Gasteiger partial charge in [0.05, 0.1) is 26.4 Å². The van der Waals surface area contributed by atoms with E-state index in [1.54, 1.807) is 0 Å². The third-order valence-electron chi connectivity index (χ3n) is 12.4. The summed E-state index contributed by atoms with van der Waals surface area (Å²) in [7, 11) is -9.80. The van der Waals surface area contributed by atoms with Crippen LogP contribution < -0.4 is 0 Å². The van der Waals surface area contributed by atoms with Crippen molar-refractivity contribution in [1.29, 1.82) is 0 Å². The Hall–Kier alpha value is -4.31. The Morgan fingerprint density at radius 1 is 0.329 bits per heavy atom. The maximum Gasteiger partial charge on any atom is 0.472 e. The molecular weight excluding hydrogens is 1120 g/mol. The summed E-state index contributed by atoms with van der Waals surface area (Å²) >= 11 is 0. The summed E-state index contributed by atoms with van der Waals surface area (Å²) in [4.78, 5) is 58.2. The molecular formula is C67H110O16P2. The summed E-state index contributed by atoms with van der Waals surface area (Å²) in [6, 6.07) is 0. The molecule has 0 amide bonds. The number of aliphatic hydroxyl groups is 2. The van der Waals surface area contributed by atoms with Gasteiger partial charge >= 0.3 is 33.6 Å². The quantitative estimate of drug-likeness (QED) is 0.0146. The number of ether oxygens (including phenoxy) is 3. The van der Waals surface area contributed by atoms with Crippen LogP contribution in [0.2, 0.25) is 0 Å².